The van der Waals surface area contributed by atoms with Crippen LogP contribution in [-0.4, -0.2) is 39.1 Å². The smallest absolute Gasteiger partial charge is 0.425 e. The van der Waals surface area contributed by atoms with Gasteiger partial charge in [0.2, 0.25) is 5.60 Å². The third kappa shape index (κ3) is 5.43. The first-order valence-corrected chi connectivity index (χ1v) is 11.1. The standard InChI is InChI=1S/C21H22F6N2O3S/c1-2-4-16-19(18(30)31,32-14-9-17(33-12-14)21(25,26)27)6-3-8-29(16)11-13-10-28-7-5-15(13)20(22,23)24/h5,7,9-10,12,16H,2-4,6,8,11H2,1H3,(H,30,31)/t16-,19+/m1/s1. The lowest BCUT2D eigenvalue weighted by molar-refractivity contribution is -0.169. The molecule has 1 saturated heterocycles. The predicted molar refractivity (Wildman–Crippen MR) is 108 cm³/mol. The number of hydrogen-bond donors (Lipinski definition) is 1. The Morgan fingerprint density at radius 2 is 2.03 bits per heavy atom. The maximum absolute atomic E-state index is 13.5. The molecule has 0 aliphatic carbocycles. The fourth-order valence-electron chi connectivity index (χ4n) is 4.23. The van der Waals surface area contributed by atoms with Crippen LogP contribution in [0.1, 0.15) is 48.6 Å². The molecule has 3 heterocycles. The van der Waals surface area contributed by atoms with Gasteiger partial charge in [-0.05, 0) is 31.0 Å². The summed E-state index contributed by atoms with van der Waals surface area (Å²) in [5, 5.41) is 11.2. The second-order valence-corrected chi connectivity index (χ2v) is 8.76. The summed E-state index contributed by atoms with van der Waals surface area (Å²) < 4.78 is 85.1. The maximum Gasteiger partial charge on any atom is 0.425 e. The van der Waals surface area contributed by atoms with Gasteiger partial charge in [-0.15, -0.1) is 11.3 Å². The Balaban J connectivity index is 1.96. The molecule has 33 heavy (non-hydrogen) atoms. The Morgan fingerprint density at radius 1 is 1.30 bits per heavy atom. The van der Waals surface area contributed by atoms with Crippen molar-refractivity contribution < 1.29 is 41.0 Å². The summed E-state index contributed by atoms with van der Waals surface area (Å²) in [6.45, 7) is 1.88. The number of pyridine rings is 1. The van der Waals surface area contributed by atoms with Crippen LogP contribution in [0, 0.1) is 0 Å². The summed E-state index contributed by atoms with van der Waals surface area (Å²) in [6, 6.07) is 0.753. The van der Waals surface area contributed by atoms with E-state index in [2.05, 4.69) is 4.98 Å². The van der Waals surface area contributed by atoms with Gasteiger partial charge in [0.1, 0.15) is 10.6 Å². The molecule has 1 N–H and O–H groups in total. The van der Waals surface area contributed by atoms with E-state index in [1.165, 1.54) is 0 Å². The second kappa shape index (κ2) is 9.49. The number of aromatic nitrogens is 1. The van der Waals surface area contributed by atoms with Gasteiger partial charge in [-0.25, -0.2) is 4.79 Å². The summed E-state index contributed by atoms with van der Waals surface area (Å²) in [4.78, 5) is 16.9. The van der Waals surface area contributed by atoms with Crippen LogP contribution in [-0.2, 0) is 23.7 Å². The highest BCUT2D eigenvalue weighted by Crippen LogP contribution is 2.41. The molecule has 3 rings (SSSR count). The van der Waals surface area contributed by atoms with Crippen molar-refractivity contribution in [3.8, 4) is 5.75 Å². The van der Waals surface area contributed by atoms with Gasteiger partial charge in [0.05, 0.1) is 11.6 Å². The highest BCUT2D eigenvalue weighted by atomic mass is 32.1. The minimum Gasteiger partial charge on any atom is -0.478 e. The lowest BCUT2D eigenvalue weighted by atomic mass is 9.81. The normalized spacial score (nSPS) is 22.3. The van der Waals surface area contributed by atoms with Crippen LogP contribution in [0.5, 0.6) is 5.75 Å². The van der Waals surface area contributed by atoms with Crippen LogP contribution in [0.4, 0.5) is 26.3 Å². The molecule has 0 radical (unpaired) electrons. The largest absolute Gasteiger partial charge is 0.478 e. The molecule has 2 aromatic heterocycles. The number of carboxylic acid groups (broad SMARTS) is 1. The van der Waals surface area contributed by atoms with Crippen LogP contribution in [0.2, 0.25) is 0 Å². The van der Waals surface area contributed by atoms with E-state index in [-0.39, 0.29) is 37.1 Å². The fraction of sp³-hybridized carbons (Fsp3) is 0.524. The maximum atomic E-state index is 13.5. The van der Waals surface area contributed by atoms with Crippen molar-refractivity contribution in [2.75, 3.05) is 6.54 Å². The summed E-state index contributed by atoms with van der Waals surface area (Å²) in [5.74, 6) is -1.59. The van der Waals surface area contributed by atoms with E-state index >= 15 is 0 Å². The van der Waals surface area contributed by atoms with Gasteiger partial charge in [-0.3, -0.25) is 9.88 Å². The number of likely N-dealkylation sites (tertiary alicyclic amines) is 1. The molecule has 1 aliphatic heterocycles. The van der Waals surface area contributed by atoms with Gasteiger partial charge >= 0.3 is 18.3 Å². The van der Waals surface area contributed by atoms with E-state index in [1.54, 1.807) is 11.8 Å². The summed E-state index contributed by atoms with van der Waals surface area (Å²) in [7, 11) is 0. The first-order valence-electron chi connectivity index (χ1n) is 10.2. The van der Waals surface area contributed by atoms with Crippen LogP contribution < -0.4 is 4.74 Å². The van der Waals surface area contributed by atoms with E-state index in [1.807, 2.05) is 0 Å². The van der Waals surface area contributed by atoms with Gasteiger partial charge in [0, 0.05) is 36.8 Å². The number of ether oxygens (including phenoxy) is 1. The van der Waals surface area contributed by atoms with Crippen LogP contribution in [0.25, 0.3) is 0 Å². The lowest BCUT2D eigenvalue weighted by Gasteiger charge is -2.47. The SMILES string of the molecule is CCC[C@H]1N(Cc2cnccc2C(F)(F)F)CCC[C@@]1(Oc1csc(C(F)(F)F)c1)C(=O)O. The number of aliphatic carboxylic acids is 1. The Labute approximate surface area is 190 Å². The zero-order chi connectivity index (χ0) is 24.4. The first kappa shape index (κ1) is 25.3. The molecule has 182 valence electrons. The van der Waals surface area contributed by atoms with E-state index in [4.69, 9.17) is 4.74 Å². The van der Waals surface area contributed by atoms with Gasteiger partial charge < -0.3 is 9.84 Å². The molecule has 0 bridgehead atoms. The van der Waals surface area contributed by atoms with E-state index < -0.39 is 40.4 Å². The summed E-state index contributed by atoms with van der Waals surface area (Å²) >= 11 is 0.388. The average Bonchev–Trinajstić information content (AvgIpc) is 3.19. The van der Waals surface area contributed by atoms with Gasteiger partial charge in [-0.2, -0.15) is 26.3 Å². The third-order valence-electron chi connectivity index (χ3n) is 5.63. The number of halogens is 6. The van der Waals surface area contributed by atoms with Crippen molar-refractivity contribution in [3.05, 3.63) is 45.9 Å². The number of carboxylic acids is 1. The van der Waals surface area contributed by atoms with E-state index in [9.17, 15) is 36.2 Å². The zero-order valence-electron chi connectivity index (χ0n) is 17.5. The number of piperidine rings is 1. The third-order valence-corrected chi connectivity index (χ3v) is 6.59. The topological polar surface area (TPSA) is 62.7 Å². The molecule has 0 amide bonds. The summed E-state index contributed by atoms with van der Waals surface area (Å²) in [6.07, 6.45) is -6.02. The van der Waals surface area contributed by atoms with E-state index in [0.717, 1.165) is 29.9 Å². The Bertz CT molecular complexity index is 977. The Morgan fingerprint density at radius 3 is 2.61 bits per heavy atom. The molecular weight excluding hydrogens is 474 g/mol. The van der Waals surface area contributed by atoms with Crippen LogP contribution in [0.15, 0.2) is 29.9 Å². The van der Waals surface area contributed by atoms with Crippen molar-refractivity contribution >= 4 is 17.3 Å². The van der Waals surface area contributed by atoms with Crippen LogP contribution in [0.3, 0.4) is 0 Å². The molecule has 0 saturated carbocycles. The Hall–Kier alpha value is -2.34. The molecule has 0 aromatic carbocycles. The molecule has 1 fully saturated rings. The van der Waals surface area contributed by atoms with Crippen molar-refractivity contribution in [1.29, 1.82) is 0 Å². The molecule has 1 aliphatic rings. The number of carbonyl (C=O) groups is 1. The van der Waals surface area contributed by atoms with Gasteiger partial charge in [0.25, 0.3) is 0 Å². The number of thiophene rings is 1. The van der Waals surface area contributed by atoms with E-state index in [0.29, 0.717) is 24.3 Å². The quantitative estimate of drug-likeness (QED) is 0.488. The minimum absolute atomic E-state index is 0.0138. The molecule has 2 atom stereocenters. The molecular formula is C21H22F6N2O3S. The molecule has 5 nitrogen and oxygen atoms in total. The van der Waals surface area contributed by atoms with Crippen molar-refractivity contribution in [2.24, 2.45) is 0 Å². The molecule has 2 aromatic rings. The number of nitrogens with zero attached hydrogens (tertiary/aromatic N) is 2. The highest BCUT2D eigenvalue weighted by Gasteiger charge is 2.53. The van der Waals surface area contributed by atoms with Crippen molar-refractivity contribution in [3.63, 3.8) is 0 Å². The minimum atomic E-state index is -4.61. The predicted octanol–water partition coefficient (Wildman–Crippen LogP) is 5.85. The average molecular weight is 496 g/mol. The number of alkyl halides is 6. The second-order valence-electron chi connectivity index (χ2n) is 7.85. The summed E-state index contributed by atoms with van der Waals surface area (Å²) in [5.41, 5.74) is -2.88. The van der Waals surface area contributed by atoms with Gasteiger partial charge in [0.15, 0.2) is 0 Å². The van der Waals surface area contributed by atoms with Gasteiger partial charge in [-0.1, -0.05) is 13.3 Å². The molecule has 0 unspecified atom stereocenters. The Kier molecular flexibility index (Phi) is 7.27. The monoisotopic (exact) mass is 496 g/mol. The van der Waals surface area contributed by atoms with Crippen LogP contribution >= 0.6 is 11.3 Å². The fourth-order valence-corrected chi connectivity index (χ4v) is 4.91. The highest BCUT2D eigenvalue weighted by molar-refractivity contribution is 7.10. The van der Waals surface area contributed by atoms with Crippen molar-refractivity contribution in [1.82, 2.24) is 9.88 Å². The first-order chi connectivity index (χ1) is 15.4. The molecule has 0 spiro atoms. The number of rotatable bonds is 7. The zero-order valence-corrected chi connectivity index (χ0v) is 18.4. The number of hydrogen-bond acceptors (Lipinski definition) is 5. The molecule has 12 heteroatoms. The lowest BCUT2D eigenvalue weighted by Crippen LogP contribution is -2.63. The van der Waals surface area contributed by atoms with Crippen molar-refractivity contribution in [2.45, 2.75) is 63.1 Å².